The maximum Gasteiger partial charge on any atom is 0.309 e. The molecule has 2 fully saturated rings. The van der Waals surface area contributed by atoms with Crippen molar-refractivity contribution in [3.8, 4) is 0 Å². The van der Waals surface area contributed by atoms with Crippen LogP contribution in [0.4, 0.5) is 5.69 Å². The number of halogens is 1. The summed E-state index contributed by atoms with van der Waals surface area (Å²) in [6.07, 6.45) is 10.3. The molecule has 1 amide bonds. The number of nitrogens with zero attached hydrogens (tertiary/aromatic N) is 1. The van der Waals surface area contributed by atoms with Gasteiger partial charge in [-0.1, -0.05) is 61.9 Å². The molecule has 1 aromatic heterocycles. The predicted octanol–water partition coefficient (Wildman–Crippen LogP) is 6.60. The first-order valence-electron chi connectivity index (χ1n) is 12.1. The summed E-state index contributed by atoms with van der Waals surface area (Å²) in [7, 11) is 0. The van der Waals surface area contributed by atoms with Crippen molar-refractivity contribution in [2.24, 2.45) is 17.8 Å². The Labute approximate surface area is 199 Å². The van der Waals surface area contributed by atoms with Crippen molar-refractivity contribution in [3.05, 3.63) is 28.9 Å². The van der Waals surface area contributed by atoms with Gasteiger partial charge in [-0.05, 0) is 49.3 Å². The Hall–Kier alpha value is -1.82. The number of carbonyl (C=O) groups is 2. The number of cyclic esters (lactones) is 1. The van der Waals surface area contributed by atoms with E-state index in [0.29, 0.717) is 18.3 Å². The SMILES string of the molecule is CC(=O)N(c1c[nH]c2ccc(Br)cc12)[C@@H](CC1CCCCC1)[C@@H]1C[C@@H](CC(C)C)C(=O)O1. The van der Waals surface area contributed by atoms with Crippen molar-refractivity contribution in [1.29, 1.82) is 0 Å². The number of aromatic nitrogens is 1. The highest BCUT2D eigenvalue weighted by molar-refractivity contribution is 9.10. The lowest BCUT2D eigenvalue weighted by molar-refractivity contribution is -0.145. The molecule has 1 saturated heterocycles. The molecule has 1 aliphatic carbocycles. The molecular weight excluding hydrogens is 468 g/mol. The van der Waals surface area contributed by atoms with Gasteiger partial charge >= 0.3 is 5.97 Å². The fourth-order valence-electron chi connectivity index (χ4n) is 5.71. The predicted molar refractivity (Wildman–Crippen MR) is 132 cm³/mol. The molecule has 0 bridgehead atoms. The molecule has 0 unspecified atom stereocenters. The monoisotopic (exact) mass is 502 g/mol. The van der Waals surface area contributed by atoms with Crippen LogP contribution in [0.3, 0.4) is 0 Å². The first-order valence-corrected chi connectivity index (χ1v) is 12.9. The number of amides is 1. The number of hydrogen-bond acceptors (Lipinski definition) is 3. The van der Waals surface area contributed by atoms with Crippen LogP contribution in [0.15, 0.2) is 28.9 Å². The van der Waals surface area contributed by atoms with Gasteiger partial charge in [-0.25, -0.2) is 0 Å². The van der Waals surface area contributed by atoms with E-state index in [1.54, 1.807) is 6.92 Å². The zero-order chi connectivity index (χ0) is 22.8. The molecule has 174 valence electrons. The Bertz CT molecular complexity index is 963. The maximum atomic E-state index is 13.1. The van der Waals surface area contributed by atoms with E-state index in [-0.39, 0.29) is 29.9 Å². The van der Waals surface area contributed by atoms with Crippen molar-refractivity contribution in [2.75, 3.05) is 4.90 Å². The summed E-state index contributed by atoms with van der Waals surface area (Å²) in [4.78, 5) is 31.1. The Morgan fingerprint density at radius 2 is 1.97 bits per heavy atom. The maximum absolute atomic E-state index is 13.1. The van der Waals surface area contributed by atoms with Crippen LogP contribution in [0.25, 0.3) is 10.9 Å². The van der Waals surface area contributed by atoms with Gasteiger partial charge in [-0.15, -0.1) is 0 Å². The summed E-state index contributed by atoms with van der Waals surface area (Å²) < 4.78 is 6.97. The third-order valence-electron chi connectivity index (χ3n) is 7.15. The average Bonchev–Trinajstić information content (AvgIpc) is 3.31. The van der Waals surface area contributed by atoms with Crippen LogP contribution in [0.2, 0.25) is 0 Å². The number of nitrogens with one attached hydrogen (secondary N) is 1. The number of esters is 1. The van der Waals surface area contributed by atoms with Crippen molar-refractivity contribution >= 4 is 44.4 Å². The van der Waals surface area contributed by atoms with E-state index in [1.807, 2.05) is 23.2 Å². The summed E-state index contributed by atoms with van der Waals surface area (Å²) in [5, 5.41) is 1.01. The van der Waals surface area contributed by atoms with E-state index in [0.717, 1.165) is 33.9 Å². The van der Waals surface area contributed by atoms with Crippen molar-refractivity contribution < 1.29 is 14.3 Å². The van der Waals surface area contributed by atoms with Gasteiger partial charge < -0.3 is 14.6 Å². The Kier molecular flexibility index (Phi) is 7.28. The molecule has 0 spiro atoms. The van der Waals surface area contributed by atoms with E-state index < -0.39 is 0 Å². The van der Waals surface area contributed by atoms with Gasteiger partial charge in [-0.3, -0.25) is 9.59 Å². The number of H-pyrrole nitrogens is 1. The lowest BCUT2D eigenvalue weighted by Gasteiger charge is -2.37. The quantitative estimate of drug-likeness (QED) is 0.433. The molecule has 1 saturated carbocycles. The first kappa shape index (κ1) is 23.3. The van der Waals surface area contributed by atoms with Gasteiger partial charge in [0.1, 0.15) is 6.10 Å². The van der Waals surface area contributed by atoms with Crippen LogP contribution in [-0.2, 0) is 14.3 Å². The molecule has 1 aromatic carbocycles. The number of ether oxygens (including phenoxy) is 1. The lowest BCUT2D eigenvalue weighted by Crippen LogP contribution is -2.47. The van der Waals surface area contributed by atoms with Crippen molar-refractivity contribution in [3.63, 3.8) is 0 Å². The summed E-state index contributed by atoms with van der Waals surface area (Å²) in [5.41, 5.74) is 1.87. The normalized spacial score (nSPS) is 23.0. The minimum atomic E-state index is -0.255. The van der Waals surface area contributed by atoms with E-state index in [9.17, 15) is 9.59 Å². The van der Waals surface area contributed by atoms with E-state index in [1.165, 1.54) is 32.1 Å². The molecule has 2 aromatic rings. The second-order valence-electron chi connectivity index (χ2n) is 10.1. The standard InChI is InChI=1S/C26H35BrN2O3/c1-16(2)11-19-13-25(32-26(19)31)23(12-18-7-5-4-6-8-18)29(17(3)30)24-15-28-22-10-9-20(27)14-21(22)24/h9-10,14-16,18-19,23,25,28H,4-8,11-13H2,1-3H3/t19-,23+,25+/m1/s1. The van der Waals surface area contributed by atoms with Crippen LogP contribution in [-0.4, -0.2) is 29.0 Å². The molecule has 5 nitrogen and oxygen atoms in total. The highest BCUT2D eigenvalue weighted by atomic mass is 79.9. The molecule has 6 heteroatoms. The molecule has 3 atom stereocenters. The number of benzene rings is 1. The van der Waals surface area contributed by atoms with Crippen molar-refractivity contribution in [1.82, 2.24) is 4.98 Å². The summed E-state index contributed by atoms with van der Waals surface area (Å²) in [5.74, 6) is 0.839. The fourth-order valence-corrected chi connectivity index (χ4v) is 6.08. The number of aromatic amines is 1. The van der Waals surface area contributed by atoms with Gasteiger partial charge in [0.05, 0.1) is 17.6 Å². The molecule has 4 rings (SSSR count). The number of hydrogen-bond donors (Lipinski definition) is 1. The molecular formula is C26H35BrN2O3. The van der Waals surface area contributed by atoms with Crippen LogP contribution < -0.4 is 4.90 Å². The topological polar surface area (TPSA) is 62.4 Å². The largest absolute Gasteiger partial charge is 0.460 e. The molecule has 2 heterocycles. The Morgan fingerprint density at radius 1 is 1.22 bits per heavy atom. The average molecular weight is 503 g/mol. The van der Waals surface area contributed by atoms with Crippen LogP contribution in [0, 0.1) is 17.8 Å². The number of fused-ring (bicyclic) bond motifs is 1. The van der Waals surface area contributed by atoms with E-state index in [4.69, 9.17) is 4.74 Å². The number of anilines is 1. The highest BCUT2D eigenvalue weighted by Gasteiger charge is 2.43. The molecule has 32 heavy (non-hydrogen) atoms. The van der Waals surface area contributed by atoms with Gasteiger partial charge in [0.25, 0.3) is 0 Å². The zero-order valence-corrected chi connectivity index (χ0v) is 21.0. The highest BCUT2D eigenvalue weighted by Crippen LogP contribution is 2.39. The number of rotatable bonds is 7. The van der Waals surface area contributed by atoms with Gasteiger partial charge in [-0.2, -0.15) is 0 Å². The van der Waals surface area contributed by atoms with Crippen molar-refractivity contribution in [2.45, 2.75) is 84.3 Å². The van der Waals surface area contributed by atoms with Gasteiger partial charge in [0, 0.05) is 28.5 Å². The summed E-state index contributed by atoms with van der Waals surface area (Å²) in [6, 6.07) is 5.92. The third kappa shape index (κ3) is 5.05. The third-order valence-corrected chi connectivity index (χ3v) is 7.65. The van der Waals surface area contributed by atoms with Crippen LogP contribution in [0.1, 0.15) is 72.1 Å². The first-order chi connectivity index (χ1) is 15.3. The fraction of sp³-hybridized carbons (Fsp3) is 0.615. The lowest BCUT2D eigenvalue weighted by atomic mass is 9.82. The Balaban J connectivity index is 1.70. The Morgan fingerprint density at radius 3 is 2.66 bits per heavy atom. The molecule has 1 N–H and O–H groups in total. The molecule has 1 aliphatic heterocycles. The van der Waals surface area contributed by atoms with Crippen LogP contribution in [0.5, 0.6) is 0 Å². The minimum Gasteiger partial charge on any atom is -0.460 e. The second-order valence-corrected chi connectivity index (χ2v) is 11.0. The van der Waals surface area contributed by atoms with E-state index >= 15 is 0 Å². The van der Waals surface area contributed by atoms with Crippen LogP contribution >= 0.6 is 15.9 Å². The molecule has 2 aliphatic rings. The zero-order valence-electron chi connectivity index (χ0n) is 19.4. The van der Waals surface area contributed by atoms with Gasteiger partial charge in [0.2, 0.25) is 5.91 Å². The summed E-state index contributed by atoms with van der Waals surface area (Å²) >= 11 is 3.57. The molecule has 0 radical (unpaired) electrons. The smallest absolute Gasteiger partial charge is 0.309 e. The van der Waals surface area contributed by atoms with E-state index in [2.05, 4.69) is 40.8 Å². The minimum absolute atomic E-state index is 0.00459. The summed E-state index contributed by atoms with van der Waals surface area (Å²) in [6.45, 7) is 5.92. The van der Waals surface area contributed by atoms with Gasteiger partial charge in [0.15, 0.2) is 0 Å². The second kappa shape index (κ2) is 9.98. The number of carbonyl (C=O) groups excluding carboxylic acids is 2.